The fraction of sp³-hybridized carbons (Fsp3) is 0.385. The smallest absolute Gasteiger partial charge is 0.325 e. The number of nitrogens with one attached hydrogen (secondary N) is 1. The minimum atomic E-state index is -0.794. The van der Waals surface area contributed by atoms with Crippen LogP contribution in [-0.4, -0.2) is 22.4 Å². The number of hydrogen-bond donors (Lipinski definition) is 2. The van der Waals surface area contributed by atoms with Gasteiger partial charge in [0.25, 0.3) is 5.91 Å². The van der Waals surface area contributed by atoms with Gasteiger partial charge in [-0.25, -0.2) is 4.79 Å². The highest BCUT2D eigenvalue weighted by molar-refractivity contribution is 9.10. The van der Waals surface area contributed by atoms with Crippen LogP contribution in [0.1, 0.15) is 25.8 Å². The number of imide groups is 1. The van der Waals surface area contributed by atoms with E-state index in [9.17, 15) is 9.59 Å². The largest absolute Gasteiger partial charge is 0.399 e. The SMILES string of the molecule is CCC1(C)NC(=O)N(Cc2ccc(N)cc2Br)C1=O. The minimum absolute atomic E-state index is 0.191. The molecule has 5 nitrogen and oxygen atoms in total. The van der Waals surface area contributed by atoms with E-state index in [4.69, 9.17) is 5.73 Å². The first-order valence-electron chi connectivity index (χ1n) is 6.05. The van der Waals surface area contributed by atoms with Crippen molar-refractivity contribution in [3.8, 4) is 0 Å². The monoisotopic (exact) mass is 325 g/mol. The maximum Gasteiger partial charge on any atom is 0.325 e. The van der Waals surface area contributed by atoms with Gasteiger partial charge in [0.15, 0.2) is 0 Å². The van der Waals surface area contributed by atoms with Gasteiger partial charge < -0.3 is 11.1 Å². The van der Waals surface area contributed by atoms with Crippen molar-refractivity contribution in [2.24, 2.45) is 0 Å². The lowest BCUT2D eigenvalue weighted by molar-refractivity contribution is -0.131. The summed E-state index contributed by atoms with van der Waals surface area (Å²) < 4.78 is 0.790. The Hall–Kier alpha value is -1.56. The molecule has 3 amide bonds. The molecule has 102 valence electrons. The highest BCUT2D eigenvalue weighted by Gasteiger charge is 2.46. The van der Waals surface area contributed by atoms with Gasteiger partial charge in [0.2, 0.25) is 0 Å². The molecule has 0 spiro atoms. The first-order chi connectivity index (χ1) is 8.87. The van der Waals surface area contributed by atoms with Gasteiger partial charge in [-0.05, 0) is 31.0 Å². The van der Waals surface area contributed by atoms with Crippen molar-refractivity contribution in [1.29, 1.82) is 0 Å². The highest BCUT2D eigenvalue weighted by Crippen LogP contribution is 2.26. The number of rotatable bonds is 3. The summed E-state index contributed by atoms with van der Waals surface area (Å²) in [5.41, 5.74) is 6.35. The molecular weight excluding hydrogens is 310 g/mol. The van der Waals surface area contributed by atoms with E-state index in [1.54, 1.807) is 19.1 Å². The summed E-state index contributed by atoms with van der Waals surface area (Å²) in [6.07, 6.45) is 0.566. The van der Waals surface area contributed by atoms with Crippen molar-refractivity contribution in [3.63, 3.8) is 0 Å². The van der Waals surface area contributed by atoms with Crippen molar-refractivity contribution in [2.75, 3.05) is 5.73 Å². The van der Waals surface area contributed by atoms with Gasteiger partial charge in [0.1, 0.15) is 5.54 Å². The third-order valence-corrected chi connectivity index (χ3v) is 4.20. The summed E-state index contributed by atoms with van der Waals surface area (Å²) in [5.74, 6) is -0.191. The van der Waals surface area contributed by atoms with Crippen molar-refractivity contribution < 1.29 is 9.59 Å². The Labute approximate surface area is 120 Å². The lowest BCUT2D eigenvalue weighted by Crippen LogP contribution is -2.43. The maximum absolute atomic E-state index is 12.3. The molecule has 1 aromatic rings. The summed E-state index contributed by atoms with van der Waals surface area (Å²) in [4.78, 5) is 25.4. The number of benzene rings is 1. The Bertz CT molecular complexity index is 547. The Morgan fingerprint density at radius 3 is 2.63 bits per heavy atom. The second-order valence-corrected chi connectivity index (χ2v) is 5.71. The van der Waals surface area contributed by atoms with Crippen molar-refractivity contribution in [2.45, 2.75) is 32.4 Å². The molecule has 6 heteroatoms. The van der Waals surface area contributed by atoms with Gasteiger partial charge >= 0.3 is 6.03 Å². The maximum atomic E-state index is 12.3. The van der Waals surface area contributed by atoms with E-state index in [0.717, 1.165) is 10.0 Å². The molecule has 1 heterocycles. The van der Waals surface area contributed by atoms with Gasteiger partial charge in [-0.2, -0.15) is 0 Å². The van der Waals surface area contributed by atoms with Crippen molar-refractivity contribution >= 4 is 33.6 Å². The molecule has 0 radical (unpaired) electrons. The normalized spacial score (nSPS) is 22.8. The summed E-state index contributed by atoms with van der Waals surface area (Å²) in [6, 6.07) is 4.96. The highest BCUT2D eigenvalue weighted by atomic mass is 79.9. The number of anilines is 1. The average Bonchev–Trinajstić information content (AvgIpc) is 2.56. The molecule has 1 unspecified atom stereocenters. The quantitative estimate of drug-likeness (QED) is 0.661. The van der Waals surface area contributed by atoms with E-state index in [1.165, 1.54) is 4.90 Å². The summed E-state index contributed by atoms with van der Waals surface area (Å²) in [7, 11) is 0. The zero-order valence-electron chi connectivity index (χ0n) is 10.9. The van der Waals surface area contributed by atoms with E-state index in [0.29, 0.717) is 12.1 Å². The molecule has 3 N–H and O–H groups in total. The Morgan fingerprint density at radius 1 is 1.42 bits per heavy atom. The molecule has 0 bridgehead atoms. The lowest BCUT2D eigenvalue weighted by atomic mass is 9.99. The van der Waals surface area contributed by atoms with Gasteiger partial charge in [0, 0.05) is 10.2 Å². The van der Waals surface area contributed by atoms with Gasteiger partial charge in [0.05, 0.1) is 6.54 Å². The van der Waals surface area contributed by atoms with Crippen LogP contribution in [0.4, 0.5) is 10.5 Å². The van der Waals surface area contributed by atoms with Crippen LogP contribution in [0.15, 0.2) is 22.7 Å². The fourth-order valence-corrected chi connectivity index (χ4v) is 2.51. The van der Waals surface area contributed by atoms with Crippen LogP contribution in [0.2, 0.25) is 0 Å². The second-order valence-electron chi connectivity index (χ2n) is 4.86. The topological polar surface area (TPSA) is 75.4 Å². The van der Waals surface area contributed by atoms with Gasteiger partial charge in [-0.1, -0.05) is 28.9 Å². The summed E-state index contributed by atoms with van der Waals surface area (Å²) in [5, 5.41) is 2.73. The molecule has 0 aromatic heterocycles. The molecule has 1 aromatic carbocycles. The molecule has 19 heavy (non-hydrogen) atoms. The first kappa shape index (κ1) is 13.9. The zero-order valence-corrected chi connectivity index (χ0v) is 12.5. The van der Waals surface area contributed by atoms with E-state index < -0.39 is 5.54 Å². The number of nitrogens with zero attached hydrogens (tertiary/aromatic N) is 1. The van der Waals surface area contributed by atoms with Crippen LogP contribution in [0.3, 0.4) is 0 Å². The fourth-order valence-electron chi connectivity index (χ4n) is 1.99. The van der Waals surface area contributed by atoms with Crippen LogP contribution in [-0.2, 0) is 11.3 Å². The number of carbonyl (C=O) groups is 2. The minimum Gasteiger partial charge on any atom is -0.399 e. The second kappa shape index (κ2) is 4.85. The van der Waals surface area contributed by atoms with Crippen molar-refractivity contribution in [3.05, 3.63) is 28.2 Å². The molecule has 0 aliphatic carbocycles. The van der Waals surface area contributed by atoms with E-state index >= 15 is 0 Å². The molecule has 1 aliphatic heterocycles. The predicted molar refractivity (Wildman–Crippen MR) is 76.3 cm³/mol. The van der Waals surface area contributed by atoms with Gasteiger partial charge in [-0.15, -0.1) is 0 Å². The molecule has 0 saturated carbocycles. The third kappa shape index (κ3) is 2.45. The Balaban J connectivity index is 2.24. The first-order valence-corrected chi connectivity index (χ1v) is 6.84. The molecule has 1 fully saturated rings. The van der Waals surface area contributed by atoms with Crippen LogP contribution in [0.25, 0.3) is 0 Å². The number of carbonyl (C=O) groups excluding carboxylic acids is 2. The number of halogens is 1. The zero-order chi connectivity index (χ0) is 14.2. The third-order valence-electron chi connectivity index (χ3n) is 3.46. The molecule has 1 saturated heterocycles. The summed E-state index contributed by atoms with van der Waals surface area (Å²) in [6.45, 7) is 3.85. The van der Waals surface area contributed by atoms with Crippen LogP contribution >= 0.6 is 15.9 Å². The van der Waals surface area contributed by atoms with E-state index in [1.807, 2.05) is 13.0 Å². The van der Waals surface area contributed by atoms with E-state index in [-0.39, 0.29) is 18.5 Å². The van der Waals surface area contributed by atoms with Crippen molar-refractivity contribution in [1.82, 2.24) is 10.2 Å². The average molecular weight is 326 g/mol. The summed E-state index contributed by atoms with van der Waals surface area (Å²) >= 11 is 3.39. The molecular formula is C13H16BrN3O2. The Kier molecular flexibility index (Phi) is 3.54. The number of urea groups is 1. The lowest BCUT2D eigenvalue weighted by Gasteiger charge is -2.19. The molecule has 2 rings (SSSR count). The molecule has 1 atom stereocenters. The van der Waals surface area contributed by atoms with Crippen LogP contribution in [0, 0.1) is 0 Å². The Morgan fingerprint density at radius 2 is 2.11 bits per heavy atom. The van der Waals surface area contributed by atoms with E-state index in [2.05, 4.69) is 21.2 Å². The standard InChI is InChI=1S/C13H16BrN3O2/c1-3-13(2)11(18)17(12(19)16-13)7-8-4-5-9(15)6-10(8)14/h4-6H,3,7,15H2,1-2H3,(H,16,19). The molecule has 1 aliphatic rings. The van der Waals surface area contributed by atoms with Crippen LogP contribution in [0.5, 0.6) is 0 Å². The number of hydrogen-bond acceptors (Lipinski definition) is 3. The van der Waals surface area contributed by atoms with Crippen LogP contribution < -0.4 is 11.1 Å². The number of nitrogen functional groups attached to an aromatic ring is 1. The predicted octanol–water partition coefficient (Wildman–Crippen LogP) is 2.25. The number of nitrogens with two attached hydrogens (primary N) is 1. The van der Waals surface area contributed by atoms with Gasteiger partial charge in [-0.3, -0.25) is 9.69 Å². The number of amides is 3.